The van der Waals surface area contributed by atoms with Gasteiger partial charge in [-0.2, -0.15) is 4.31 Å². The van der Waals surface area contributed by atoms with Crippen LogP contribution in [0.3, 0.4) is 0 Å². The van der Waals surface area contributed by atoms with Crippen LogP contribution in [0.5, 0.6) is 0 Å². The summed E-state index contributed by atoms with van der Waals surface area (Å²) in [5.41, 5.74) is 6.34. The molecule has 0 radical (unpaired) electrons. The van der Waals surface area contributed by atoms with Gasteiger partial charge < -0.3 is 10.5 Å². The van der Waals surface area contributed by atoms with E-state index in [9.17, 15) is 8.42 Å². The molecule has 0 bridgehead atoms. The summed E-state index contributed by atoms with van der Waals surface area (Å²) in [5.74, 6) is 0.670. The number of hydrogen-bond acceptors (Lipinski definition) is 5. The van der Waals surface area contributed by atoms with E-state index >= 15 is 0 Å². The molecule has 1 saturated heterocycles. The Balaban J connectivity index is 1.90. The second-order valence-electron chi connectivity index (χ2n) is 5.30. The monoisotopic (exact) mass is 330 g/mol. The molecule has 1 aromatic carbocycles. The number of hydrogen-bond donors (Lipinski definition) is 1. The number of nitrogen functional groups attached to an aromatic ring is 1. The van der Waals surface area contributed by atoms with Crippen molar-refractivity contribution in [1.82, 2.24) is 4.31 Å². The first kappa shape index (κ1) is 16.6. The van der Waals surface area contributed by atoms with E-state index in [0.29, 0.717) is 24.6 Å². The molecule has 0 saturated carbocycles. The van der Waals surface area contributed by atoms with Crippen molar-refractivity contribution in [2.45, 2.75) is 30.9 Å². The van der Waals surface area contributed by atoms with E-state index in [-0.39, 0.29) is 17.9 Å². The Hall–Kier alpha value is -0.760. The van der Waals surface area contributed by atoms with E-state index in [1.165, 1.54) is 11.8 Å². The number of nitrogens with two attached hydrogens (primary N) is 1. The molecule has 1 aliphatic rings. The van der Waals surface area contributed by atoms with Crippen LogP contribution in [0.25, 0.3) is 0 Å². The minimum absolute atomic E-state index is 0.0410. The number of nitrogens with zero attached hydrogens (tertiary/aromatic N) is 1. The first-order valence-corrected chi connectivity index (χ1v) is 9.57. The number of sulfonamides is 1. The Morgan fingerprint density at radius 2 is 2.00 bits per heavy atom. The van der Waals surface area contributed by atoms with Crippen LogP contribution in [0.4, 0.5) is 5.69 Å². The summed E-state index contributed by atoms with van der Waals surface area (Å²) in [5, 5.41) is 0. The molecule has 1 aliphatic heterocycles. The van der Waals surface area contributed by atoms with Crippen LogP contribution in [0.1, 0.15) is 13.8 Å². The minimum atomic E-state index is -3.24. The molecule has 1 fully saturated rings. The van der Waals surface area contributed by atoms with E-state index in [2.05, 4.69) is 0 Å². The summed E-state index contributed by atoms with van der Waals surface area (Å²) in [6.07, 6.45) is -0.0410. The molecule has 0 amide bonds. The minimum Gasteiger partial charge on any atom is -0.399 e. The zero-order chi connectivity index (χ0) is 15.5. The van der Waals surface area contributed by atoms with Crippen LogP contribution in [-0.2, 0) is 14.8 Å². The number of benzene rings is 1. The van der Waals surface area contributed by atoms with Crippen molar-refractivity contribution >= 4 is 27.5 Å². The Morgan fingerprint density at radius 1 is 1.33 bits per heavy atom. The van der Waals surface area contributed by atoms with Gasteiger partial charge in [0.05, 0.1) is 18.5 Å². The van der Waals surface area contributed by atoms with Crippen LogP contribution in [0.15, 0.2) is 29.2 Å². The van der Waals surface area contributed by atoms with Gasteiger partial charge in [-0.1, -0.05) is 0 Å². The van der Waals surface area contributed by atoms with Crippen molar-refractivity contribution in [1.29, 1.82) is 0 Å². The predicted molar refractivity (Wildman–Crippen MR) is 86.9 cm³/mol. The molecular formula is C14H22N2O3S2. The van der Waals surface area contributed by atoms with Crippen molar-refractivity contribution < 1.29 is 13.2 Å². The third-order valence-electron chi connectivity index (χ3n) is 3.40. The lowest BCUT2D eigenvalue weighted by Gasteiger charge is -2.35. The molecular weight excluding hydrogens is 308 g/mol. The number of morpholine rings is 1. The molecule has 2 N–H and O–H groups in total. The maximum absolute atomic E-state index is 12.4. The standard InChI is InChI=1S/C14H22N2O3S2/c1-11-10-19-12(2)9-16(11)21(17,18)8-7-20-14-5-3-13(15)4-6-14/h3-6,11-12H,7-10,15H2,1-2H3. The van der Waals surface area contributed by atoms with Crippen molar-refractivity contribution in [3.05, 3.63) is 24.3 Å². The lowest BCUT2D eigenvalue weighted by molar-refractivity contribution is -0.0169. The molecule has 7 heteroatoms. The number of rotatable bonds is 5. The van der Waals surface area contributed by atoms with Gasteiger partial charge in [0.25, 0.3) is 0 Å². The highest BCUT2D eigenvalue weighted by molar-refractivity contribution is 8.00. The van der Waals surface area contributed by atoms with Gasteiger partial charge >= 0.3 is 0 Å². The summed E-state index contributed by atoms with van der Waals surface area (Å²) < 4.78 is 31.9. The van der Waals surface area contributed by atoms with Gasteiger partial charge in [0, 0.05) is 28.9 Å². The maximum Gasteiger partial charge on any atom is 0.215 e. The highest BCUT2D eigenvalue weighted by Gasteiger charge is 2.32. The fraction of sp³-hybridized carbons (Fsp3) is 0.571. The molecule has 0 aliphatic carbocycles. The average Bonchev–Trinajstić information content (AvgIpc) is 2.43. The smallest absolute Gasteiger partial charge is 0.215 e. The molecule has 1 aromatic rings. The normalized spacial score (nSPS) is 24.1. The lowest BCUT2D eigenvalue weighted by Crippen LogP contribution is -2.51. The van der Waals surface area contributed by atoms with Crippen LogP contribution in [-0.4, -0.2) is 49.5 Å². The number of anilines is 1. The zero-order valence-electron chi connectivity index (χ0n) is 12.4. The molecule has 0 aromatic heterocycles. The van der Waals surface area contributed by atoms with Gasteiger partial charge in [-0.3, -0.25) is 0 Å². The number of thioether (sulfide) groups is 1. The van der Waals surface area contributed by atoms with E-state index in [4.69, 9.17) is 10.5 Å². The van der Waals surface area contributed by atoms with Gasteiger partial charge in [0.15, 0.2) is 0 Å². The molecule has 21 heavy (non-hydrogen) atoms. The van der Waals surface area contributed by atoms with Gasteiger partial charge in [0.1, 0.15) is 0 Å². The fourth-order valence-corrected chi connectivity index (χ4v) is 5.23. The second kappa shape index (κ2) is 7.00. The highest BCUT2D eigenvalue weighted by atomic mass is 32.2. The third-order valence-corrected chi connectivity index (χ3v) is 6.61. The molecule has 2 rings (SSSR count). The maximum atomic E-state index is 12.4. The SMILES string of the molecule is CC1CN(S(=O)(=O)CCSc2ccc(N)cc2)C(C)CO1. The molecule has 1 heterocycles. The van der Waals surface area contributed by atoms with Crippen LogP contribution < -0.4 is 5.73 Å². The van der Waals surface area contributed by atoms with E-state index in [0.717, 1.165) is 4.90 Å². The summed E-state index contributed by atoms with van der Waals surface area (Å²) in [7, 11) is -3.24. The Bertz CT molecular complexity index is 560. The summed E-state index contributed by atoms with van der Waals surface area (Å²) in [6, 6.07) is 7.37. The Labute approximate surface area is 130 Å². The third kappa shape index (κ3) is 4.60. The predicted octanol–water partition coefficient (Wildman–Crippen LogP) is 1.80. The van der Waals surface area contributed by atoms with E-state index < -0.39 is 10.0 Å². The molecule has 2 atom stereocenters. The highest BCUT2D eigenvalue weighted by Crippen LogP contribution is 2.21. The summed E-state index contributed by atoms with van der Waals surface area (Å²) in [6.45, 7) is 4.69. The van der Waals surface area contributed by atoms with E-state index in [1.807, 2.05) is 38.1 Å². The van der Waals surface area contributed by atoms with Crippen molar-refractivity contribution in [3.63, 3.8) is 0 Å². The largest absolute Gasteiger partial charge is 0.399 e. The van der Waals surface area contributed by atoms with Crippen molar-refractivity contribution in [2.75, 3.05) is 30.4 Å². The van der Waals surface area contributed by atoms with E-state index in [1.54, 1.807) is 4.31 Å². The van der Waals surface area contributed by atoms with Gasteiger partial charge in [-0.05, 0) is 38.1 Å². The molecule has 118 valence electrons. The van der Waals surface area contributed by atoms with Gasteiger partial charge in [-0.25, -0.2) is 8.42 Å². The first-order chi connectivity index (χ1) is 9.88. The average molecular weight is 330 g/mol. The zero-order valence-corrected chi connectivity index (χ0v) is 14.0. The molecule has 0 spiro atoms. The Kier molecular flexibility index (Phi) is 5.54. The van der Waals surface area contributed by atoms with Crippen LogP contribution in [0, 0.1) is 0 Å². The number of ether oxygens (including phenoxy) is 1. The summed E-state index contributed by atoms with van der Waals surface area (Å²) >= 11 is 1.53. The first-order valence-electron chi connectivity index (χ1n) is 6.98. The fourth-order valence-electron chi connectivity index (χ4n) is 2.21. The lowest BCUT2D eigenvalue weighted by atomic mass is 10.2. The van der Waals surface area contributed by atoms with Gasteiger partial charge in [0.2, 0.25) is 10.0 Å². The second-order valence-corrected chi connectivity index (χ2v) is 8.51. The van der Waals surface area contributed by atoms with Crippen LogP contribution in [0.2, 0.25) is 0 Å². The quantitative estimate of drug-likeness (QED) is 0.658. The van der Waals surface area contributed by atoms with Crippen molar-refractivity contribution in [3.8, 4) is 0 Å². The molecule has 5 nitrogen and oxygen atoms in total. The topological polar surface area (TPSA) is 72.6 Å². The van der Waals surface area contributed by atoms with Crippen molar-refractivity contribution in [2.24, 2.45) is 0 Å². The van der Waals surface area contributed by atoms with Gasteiger partial charge in [-0.15, -0.1) is 11.8 Å². The molecule has 2 unspecified atom stereocenters. The van der Waals surface area contributed by atoms with Crippen LogP contribution >= 0.6 is 11.8 Å². The Morgan fingerprint density at radius 3 is 2.67 bits per heavy atom. The summed E-state index contributed by atoms with van der Waals surface area (Å²) in [4.78, 5) is 1.03.